The van der Waals surface area contributed by atoms with Gasteiger partial charge in [-0.15, -0.1) is 10.2 Å². The van der Waals surface area contributed by atoms with Gasteiger partial charge in [-0.2, -0.15) is 8.78 Å². The molecule has 0 unspecified atom stereocenters. The Kier molecular flexibility index (Phi) is 7.04. The number of halogens is 2. The molecule has 6 nitrogen and oxygen atoms in total. The molecule has 3 rings (SSSR count). The highest BCUT2D eigenvalue weighted by Crippen LogP contribution is 2.25. The van der Waals surface area contributed by atoms with Gasteiger partial charge in [0, 0.05) is 19.2 Å². The van der Waals surface area contributed by atoms with Gasteiger partial charge >= 0.3 is 6.61 Å². The van der Waals surface area contributed by atoms with Crippen molar-refractivity contribution in [3.05, 3.63) is 59.2 Å². The largest absolute Gasteiger partial charge is 0.435 e. The molecule has 1 aromatic heterocycles. The summed E-state index contributed by atoms with van der Waals surface area (Å²) in [6.45, 7) is 1.47. The van der Waals surface area contributed by atoms with Crippen molar-refractivity contribution < 1.29 is 22.7 Å². The summed E-state index contributed by atoms with van der Waals surface area (Å²) < 4.78 is 34.4. The Balaban J connectivity index is 1.53. The van der Waals surface area contributed by atoms with Crippen LogP contribution in [0.2, 0.25) is 0 Å². The van der Waals surface area contributed by atoms with Crippen molar-refractivity contribution in [1.29, 1.82) is 0 Å². The maximum atomic E-state index is 12.4. The number of amides is 1. The molecule has 0 aliphatic carbocycles. The SMILES string of the molecule is Cc1cc(C)cc(-c2nnc(SCC(=O)N(C)Cc3ccc(OC(F)F)cc3)o2)c1. The van der Waals surface area contributed by atoms with Crippen molar-refractivity contribution in [2.24, 2.45) is 0 Å². The zero-order valence-electron chi connectivity index (χ0n) is 16.8. The van der Waals surface area contributed by atoms with Crippen molar-refractivity contribution in [2.45, 2.75) is 32.2 Å². The molecule has 0 saturated heterocycles. The molecule has 0 aliphatic heterocycles. The van der Waals surface area contributed by atoms with Gasteiger partial charge in [-0.3, -0.25) is 4.79 Å². The van der Waals surface area contributed by atoms with Gasteiger partial charge in [0.25, 0.3) is 5.22 Å². The molecule has 0 radical (unpaired) electrons. The van der Waals surface area contributed by atoms with E-state index >= 15 is 0 Å². The minimum absolute atomic E-state index is 0.0780. The van der Waals surface area contributed by atoms with Gasteiger partial charge < -0.3 is 14.1 Å². The van der Waals surface area contributed by atoms with Crippen LogP contribution in [-0.4, -0.2) is 40.4 Å². The number of hydrogen-bond donors (Lipinski definition) is 0. The lowest BCUT2D eigenvalue weighted by atomic mass is 10.1. The number of thioether (sulfide) groups is 1. The number of aromatic nitrogens is 2. The van der Waals surface area contributed by atoms with E-state index in [9.17, 15) is 13.6 Å². The standard InChI is InChI=1S/C21H21F2N3O3S/c1-13-8-14(2)10-16(9-13)19-24-25-21(29-19)30-12-18(27)26(3)11-15-4-6-17(7-5-15)28-20(22)23/h4-10,20H,11-12H2,1-3H3. The number of ether oxygens (including phenoxy) is 1. The van der Waals surface area contributed by atoms with Crippen LogP contribution in [0.15, 0.2) is 52.1 Å². The molecule has 158 valence electrons. The number of rotatable bonds is 8. The van der Waals surface area contributed by atoms with E-state index < -0.39 is 6.61 Å². The lowest BCUT2D eigenvalue weighted by Gasteiger charge is -2.17. The van der Waals surface area contributed by atoms with Gasteiger partial charge in [0.2, 0.25) is 11.8 Å². The van der Waals surface area contributed by atoms with E-state index in [0.29, 0.717) is 17.7 Å². The second-order valence-electron chi connectivity index (χ2n) is 6.81. The average molecular weight is 433 g/mol. The van der Waals surface area contributed by atoms with Crippen LogP contribution in [0.25, 0.3) is 11.5 Å². The molecule has 0 saturated carbocycles. The molecule has 2 aromatic carbocycles. The first-order valence-electron chi connectivity index (χ1n) is 9.13. The van der Waals surface area contributed by atoms with E-state index in [0.717, 1.165) is 22.3 Å². The normalized spacial score (nSPS) is 11.0. The fourth-order valence-electron chi connectivity index (χ4n) is 2.85. The van der Waals surface area contributed by atoms with E-state index in [1.54, 1.807) is 19.2 Å². The van der Waals surface area contributed by atoms with Crippen LogP contribution in [0.5, 0.6) is 5.75 Å². The van der Waals surface area contributed by atoms with Gasteiger partial charge in [-0.05, 0) is 43.7 Å². The number of alkyl halides is 2. The van der Waals surface area contributed by atoms with Gasteiger partial charge in [0.15, 0.2) is 0 Å². The topological polar surface area (TPSA) is 68.5 Å². The van der Waals surface area contributed by atoms with Crippen LogP contribution < -0.4 is 4.74 Å². The van der Waals surface area contributed by atoms with Crippen LogP contribution in [0.1, 0.15) is 16.7 Å². The smallest absolute Gasteiger partial charge is 0.387 e. The summed E-state index contributed by atoms with van der Waals surface area (Å²) in [5.41, 5.74) is 3.84. The molecule has 9 heteroatoms. The maximum absolute atomic E-state index is 12.4. The zero-order valence-corrected chi connectivity index (χ0v) is 17.6. The summed E-state index contributed by atoms with van der Waals surface area (Å²) in [6.07, 6.45) is 0. The Morgan fingerprint density at radius 3 is 2.43 bits per heavy atom. The lowest BCUT2D eigenvalue weighted by molar-refractivity contribution is -0.127. The number of carbonyl (C=O) groups excluding carboxylic acids is 1. The predicted octanol–water partition coefficient (Wildman–Crippen LogP) is 4.71. The van der Waals surface area contributed by atoms with Crippen LogP contribution in [0.4, 0.5) is 8.78 Å². The molecule has 1 heterocycles. The summed E-state index contributed by atoms with van der Waals surface area (Å²) in [4.78, 5) is 13.9. The quantitative estimate of drug-likeness (QED) is 0.480. The Bertz CT molecular complexity index is 989. The van der Waals surface area contributed by atoms with Crippen LogP contribution in [-0.2, 0) is 11.3 Å². The fourth-order valence-corrected chi connectivity index (χ4v) is 3.56. The van der Waals surface area contributed by atoms with Crippen molar-refractivity contribution in [2.75, 3.05) is 12.8 Å². The number of aryl methyl sites for hydroxylation is 2. The van der Waals surface area contributed by atoms with Gasteiger partial charge in [-0.25, -0.2) is 0 Å². The molecule has 1 amide bonds. The van der Waals surface area contributed by atoms with Crippen LogP contribution in [0, 0.1) is 13.8 Å². The van der Waals surface area contributed by atoms with Crippen molar-refractivity contribution in [1.82, 2.24) is 15.1 Å². The van der Waals surface area contributed by atoms with E-state index in [1.807, 2.05) is 26.0 Å². The number of carbonyl (C=O) groups is 1. The summed E-state index contributed by atoms with van der Waals surface area (Å²) in [6, 6.07) is 12.2. The third-order valence-corrected chi connectivity index (χ3v) is 4.99. The molecule has 0 aliphatic rings. The molecule has 0 N–H and O–H groups in total. The summed E-state index contributed by atoms with van der Waals surface area (Å²) in [5.74, 6) is 0.502. The second kappa shape index (κ2) is 9.71. The number of hydrogen-bond acceptors (Lipinski definition) is 6. The fraction of sp³-hybridized carbons (Fsp3) is 0.286. The van der Waals surface area contributed by atoms with Gasteiger partial charge in [-0.1, -0.05) is 41.1 Å². The Morgan fingerprint density at radius 1 is 1.13 bits per heavy atom. The third kappa shape index (κ3) is 6.03. The molecular weight excluding hydrogens is 412 g/mol. The summed E-state index contributed by atoms with van der Waals surface area (Å²) in [5, 5.41) is 8.38. The molecule has 30 heavy (non-hydrogen) atoms. The van der Waals surface area contributed by atoms with E-state index in [1.165, 1.54) is 28.8 Å². The molecule has 0 bridgehead atoms. The Labute approximate surface area is 177 Å². The van der Waals surface area contributed by atoms with Crippen molar-refractivity contribution in [3.8, 4) is 17.2 Å². The first kappa shape index (κ1) is 21.8. The van der Waals surface area contributed by atoms with Crippen LogP contribution in [0.3, 0.4) is 0 Å². The highest BCUT2D eigenvalue weighted by atomic mass is 32.2. The monoisotopic (exact) mass is 433 g/mol. The predicted molar refractivity (Wildman–Crippen MR) is 109 cm³/mol. The first-order valence-corrected chi connectivity index (χ1v) is 10.1. The molecule has 0 fully saturated rings. The van der Waals surface area contributed by atoms with Crippen molar-refractivity contribution in [3.63, 3.8) is 0 Å². The van der Waals surface area contributed by atoms with Crippen LogP contribution >= 0.6 is 11.8 Å². The first-order chi connectivity index (χ1) is 14.3. The highest BCUT2D eigenvalue weighted by Gasteiger charge is 2.15. The Morgan fingerprint density at radius 2 is 1.80 bits per heavy atom. The van der Waals surface area contributed by atoms with Crippen molar-refractivity contribution >= 4 is 17.7 Å². The van der Waals surface area contributed by atoms with Gasteiger partial charge in [0.05, 0.1) is 5.75 Å². The van der Waals surface area contributed by atoms with Gasteiger partial charge in [0.1, 0.15) is 5.75 Å². The average Bonchev–Trinajstić information content (AvgIpc) is 3.15. The lowest BCUT2D eigenvalue weighted by Crippen LogP contribution is -2.27. The summed E-state index contributed by atoms with van der Waals surface area (Å²) >= 11 is 1.17. The molecule has 0 atom stereocenters. The minimum atomic E-state index is -2.86. The maximum Gasteiger partial charge on any atom is 0.387 e. The second-order valence-corrected chi connectivity index (χ2v) is 7.74. The molecule has 0 spiro atoms. The highest BCUT2D eigenvalue weighted by molar-refractivity contribution is 7.99. The molecule has 3 aromatic rings. The van der Waals surface area contributed by atoms with E-state index in [4.69, 9.17) is 4.42 Å². The number of benzene rings is 2. The van der Waals surface area contributed by atoms with E-state index in [-0.39, 0.29) is 17.4 Å². The summed E-state index contributed by atoms with van der Waals surface area (Å²) in [7, 11) is 1.67. The van der Waals surface area contributed by atoms with E-state index in [2.05, 4.69) is 21.0 Å². The molecular formula is C21H21F2N3O3S. The third-order valence-electron chi connectivity index (χ3n) is 4.19. The zero-order chi connectivity index (χ0) is 21.7. The number of nitrogens with zero attached hydrogens (tertiary/aromatic N) is 3. The Hall–Kier alpha value is -2.94. The minimum Gasteiger partial charge on any atom is -0.435 e.